The lowest BCUT2D eigenvalue weighted by molar-refractivity contribution is 0.0531. The summed E-state index contributed by atoms with van der Waals surface area (Å²) < 4.78 is 10.5. The first-order valence-electron chi connectivity index (χ1n) is 8.54. The topological polar surface area (TPSA) is 73.3 Å². The molecule has 0 aromatic carbocycles. The normalized spacial score (nSPS) is 14.4. The fourth-order valence-electron chi connectivity index (χ4n) is 2.90. The molecule has 0 saturated carbocycles. The summed E-state index contributed by atoms with van der Waals surface area (Å²) in [5.41, 5.74) is 2.29. The molecule has 25 heavy (non-hydrogen) atoms. The molecular weight excluding hydrogens is 338 g/mol. The van der Waals surface area contributed by atoms with Gasteiger partial charge in [-0.1, -0.05) is 11.6 Å². The van der Waals surface area contributed by atoms with E-state index in [4.69, 9.17) is 9.47 Å². The van der Waals surface area contributed by atoms with Crippen LogP contribution in [-0.4, -0.2) is 42.3 Å². The van der Waals surface area contributed by atoms with Gasteiger partial charge < -0.3 is 14.8 Å². The van der Waals surface area contributed by atoms with Gasteiger partial charge in [-0.3, -0.25) is 0 Å². The zero-order valence-corrected chi connectivity index (χ0v) is 15.7. The second-order valence-corrected chi connectivity index (χ2v) is 6.94. The Kier molecular flexibility index (Phi) is 5.65. The van der Waals surface area contributed by atoms with Crippen LogP contribution in [0, 0.1) is 13.8 Å². The summed E-state index contributed by atoms with van der Waals surface area (Å²) in [6, 6.07) is 0. The van der Waals surface area contributed by atoms with E-state index in [2.05, 4.69) is 21.4 Å². The molecule has 1 aliphatic heterocycles. The zero-order chi connectivity index (χ0) is 17.8. The first-order chi connectivity index (χ1) is 12.1. The van der Waals surface area contributed by atoms with Gasteiger partial charge in [0.2, 0.25) is 0 Å². The van der Waals surface area contributed by atoms with Gasteiger partial charge in [0, 0.05) is 6.54 Å². The predicted molar refractivity (Wildman–Crippen MR) is 99.5 cm³/mol. The van der Waals surface area contributed by atoms with Gasteiger partial charge in [0.25, 0.3) is 0 Å². The number of aromatic nitrogens is 2. The number of aryl methyl sites for hydroxylation is 2. The average molecular weight is 361 g/mol. The monoisotopic (exact) mass is 361 g/mol. The van der Waals surface area contributed by atoms with Crippen molar-refractivity contribution in [3.05, 3.63) is 27.9 Å². The summed E-state index contributed by atoms with van der Waals surface area (Å²) in [4.78, 5) is 22.6. The molecule has 0 spiro atoms. The van der Waals surface area contributed by atoms with Crippen molar-refractivity contribution in [2.75, 3.05) is 31.7 Å². The van der Waals surface area contributed by atoms with E-state index in [1.54, 1.807) is 0 Å². The van der Waals surface area contributed by atoms with Crippen LogP contribution < -0.4 is 5.32 Å². The van der Waals surface area contributed by atoms with Gasteiger partial charge in [0.05, 0.1) is 25.2 Å². The van der Waals surface area contributed by atoms with E-state index < -0.39 is 0 Å². The minimum Gasteiger partial charge on any atom is -0.462 e. The van der Waals surface area contributed by atoms with Crippen LogP contribution in [0.5, 0.6) is 0 Å². The minimum absolute atomic E-state index is 0.293. The van der Waals surface area contributed by atoms with Gasteiger partial charge in [-0.25, -0.2) is 14.8 Å². The van der Waals surface area contributed by atoms with Gasteiger partial charge in [0.15, 0.2) is 0 Å². The summed E-state index contributed by atoms with van der Waals surface area (Å²) in [7, 11) is 0. The maximum atomic E-state index is 12.2. The molecule has 0 saturated heterocycles. The number of nitrogens with one attached hydrogen (secondary N) is 1. The predicted octanol–water partition coefficient (Wildman–Crippen LogP) is 3.63. The number of hydrogen-bond acceptors (Lipinski definition) is 7. The van der Waals surface area contributed by atoms with E-state index in [0.29, 0.717) is 23.9 Å². The van der Waals surface area contributed by atoms with Crippen LogP contribution in [0.15, 0.2) is 11.6 Å². The molecular formula is C18H23N3O3S. The molecule has 0 fully saturated rings. The Morgan fingerprint density at radius 1 is 1.40 bits per heavy atom. The molecule has 3 heterocycles. The van der Waals surface area contributed by atoms with Crippen molar-refractivity contribution in [1.29, 1.82) is 0 Å². The van der Waals surface area contributed by atoms with E-state index in [9.17, 15) is 4.79 Å². The van der Waals surface area contributed by atoms with Crippen molar-refractivity contribution in [1.82, 2.24) is 9.97 Å². The molecule has 3 rings (SSSR count). The van der Waals surface area contributed by atoms with Crippen LogP contribution in [0.1, 0.15) is 40.8 Å². The summed E-state index contributed by atoms with van der Waals surface area (Å²) in [6.07, 6.45) is 4.10. The van der Waals surface area contributed by atoms with Crippen LogP contribution in [0.3, 0.4) is 0 Å². The molecule has 0 radical (unpaired) electrons. The Labute approximate surface area is 151 Å². The standard InChI is InChI=1S/C18H23N3O3S/c1-4-24-18(22)15-11(2)14-16(20-12(3)21-17(14)25-15)19-8-5-13-6-9-23-10-7-13/h6H,4-5,7-10H2,1-3H3,(H,19,20,21). The number of hydrogen-bond donors (Lipinski definition) is 1. The highest BCUT2D eigenvalue weighted by Crippen LogP contribution is 2.34. The molecule has 6 nitrogen and oxygen atoms in total. The maximum absolute atomic E-state index is 12.2. The zero-order valence-electron chi connectivity index (χ0n) is 14.8. The van der Waals surface area contributed by atoms with E-state index in [1.807, 2.05) is 20.8 Å². The van der Waals surface area contributed by atoms with Gasteiger partial charge in [-0.2, -0.15) is 0 Å². The second kappa shape index (κ2) is 7.93. The highest BCUT2D eigenvalue weighted by atomic mass is 32.1. The summed E-state index contributed by atoms with van der Waals surface area (Å²) in [5, 5.41) is 4.34. The third-order valence-corrected chi connectivity index (χ3v) is 5.32. The van der Waals surface area contributed by atoms with Crippen LogP contribution >= 0.6 is 11.3 Å². The van der Waals surface area contributed by atoms with Gasteiger partial charge >= 0.3 is 5.97 Å². The molecule has 2 aromatic rings. The van der Waals surface area contributed by atoms with Gasteiger partial charge in [0.1, 0.15) is 21.3 Å². The van der Waals surface area contributed by atoms with Crippen molar-refractivity contribution in [3.8, 4) is 0 Å². The fraction of sp³-hybridized carbons (Fsp3) is 0.500. The molecule has 0 aliphatic carbocycles. The van der Waals surface area contributed by atoms with E-state index in [0.717, 1.165) is 47.6 Å². The number of nitrogens with zero attached hydrogens (tertiary/aromatic N) is 2. The lowest BCUT2D eigenvalue weighted by Crippen LogP contribution is -2.10. The van der Waals surface area contributed by atoms with Gasteiger partial charge in [-0.15, -0.1) is 11.3 Å². The van der Waals surface area contributed by atoms with Gasteiger partial charge in [-0.05, 0) is 39.2 Å². The van der Waals surface area contributed by atoms with E-state index in [1.165, 1.54) is 16.9 Å². The Morgan fingerprint density at radius 2 is 2.24 bits per heavy atom. The molecule has 0 bridgehead atoms. The van der Waals surface area contributed by atoms with E-state index >= 15 is 0 Å². The number of thiophene rings is 1. The van der Waals surface area contributed by atoms with Crippen molar-refractivity contribution in [3.63, 3.8) is 0 Å². The number of rotatable bonds is 6. The lowest BCUT2D eigenvalue weighted by atomic mass is 10.1. The average Bonchev–Trinajstić information content (AvgIpc) is 2.92. The summed E-state index contributed by atoms with van der Waals surface area (Å²) in [5.74, 6) is 1.19. The summed E-state index contributed by atoms with van der Waals surface area (Å²) in [6.45, 7) is 8.26. The van der Waals surface area contributed by atoms with E-state index in [-0.39, 0.29) is 5.97 Å². The molecule has 7 heteroatoms. The molecule has 134 valence electrons. The quantitative estimate of drug-likeness (QED) is 0.626. The molecule has 2 aromatic heterocycles. The third-order valence-electron chi connectivity index (χ3n) is 4.16. The van der Waals surface area contributed by atoms with Crippen molar-refractivity contribution >= 4 is 33.3 Å². The minimum atomic E-state index is -0.293. The number of carbonyl (C=O) groups excluding carboxylic acids is 1. The molecule has 0 unspecified atom stereocenters. The maximum Gasteiger partial charge on any atom is 0.348 e. The Bertz CT molecular complexity index is 813. The highest BCUT2D eigenvalue weighted by Gasteiger charge is 2.20. The van der Waals surface area contributed by atoms with Crippen molar-refractivity contribution < 1.29 is 14.3 Å². The summed E-state index contributed by atoms with van der Waals surface area (Å²) >= 11 is 1.37. The Balaban J connectivity index is 1.83. The molecule has 0 amide bonds. The van der Waals surface area contributed by atoms with Crippen LogP contribution in [0.4, 0.5) is 5.82 Å². The largest absolute Gasteiger partial charge is 0.462 e. The van der Waals surface area contributed by atoms with Crippen molar-refractivity contribution in [2.45, 2.75) is 33.6 Å². The SMILES string of the molecule is CCOC(=O)c1sc2nc(C)nc(NCCC3=CCOCC3)c2c1C. The lowest BCUT2D eigenvalue weighted by Gasteiger charge is -2.14. The number of esters is 1. The Morgan fingerprint density at radius 3 is 2.96 bits per heavy atom. The third kappa shape index (κ3) is 3.99. The molecule has 1 N–H and O–H groups in total. The fourth-order valence-corrected chi connectivity index (χ4v) is 4.02. The Hall–Kier alpha value is -1.99. The van der Waals surface area contributed by atoms with Crippen molar-refractivity contribution in [2.24, 2.45) is 0 Å². The number of ether oxygens (including phenoxy) is 2. The first kappa shape index (κ1) is 17.8. The highest BCUT2D eigenvalue weighted by molar-refractivity contribution is 7.20. The second-order valence-electron chi connectivity index (χ2n) is 5.94. The molecule has 1 aliphatic rings. The smallest absolute Gasteiger partial charge is 0.348 e. The number of carbonyl (C=O) groups is 1. The number of fused-ring (bicyclic) bond motifs is 1. The molecule has 0 atom stereocenters. The van der Waals surface area contributed by atoms with Crippen LogP contribution in [-0.2, 0) is 9.47 Å². The number of anilines is 1. The van der Waals surface area contributed by atoms with Crippen LogP contribution in [0.2, 0.25) is 0 Å². The van der Waals surface area contributed by atoms with Crippen LogP contribution in [0.25, 0.3) is 10.2 Å². The first-order valence-corrected chi connectivity index (χ1v) is 9.36.